The van der Waals surface area contributed by atoms with Gasteiger partial charge in [-0.05, 0) is 24.3 Å². The van der Waals surface area contributed by atoms with Crippen LogP contribution in [0.15, 0.2) is 34.7 Å². The van der Waals surface area contributed by atoms with Gasteiger partial charge in [-0.3, -0.25) is 0 Å². The fourth-order valence-electron chi connectivity index (χ4n) is 1.24. The van der Waals surface area contributed by atoms with Crippen molar-refractivity contribution < 1.29 is 18.7 Å². The number of carbonyl (C=O) groups is 1. The van der Waals surface area contributed by atoms with Crippen molar-refractivity contribution in [1.29, 1.82) is 0 Å². The highest BCUT2D eigenvalue weighted by atomic mass is 35.5. The first-order chi connectivity index (χ1) is 8.06. The Morgan fingerprint density at radius 3 is 2.71 bits per heavy atom. The van der Waals surface area contributed by atoms with Crippen LogP contribution in [0, 0.1) is 5.82 Å². The number of aromatic carboxylic acids is 1. The zero-order valence-corrected chi connectivity index (χ0v) is 9.16. The van der Waals surface area contributed by atoms with Gasteiger partial charge in [-0.15, -0.1) is 0 Å². The quantitative estimate of drug-likeness (QED) is 0.881. The van der Waals surface area contributed by atoms with Crippen molar-refractivity contribution in [3.8, 4) is 0 Å². The Labute approximate surface area is 101 Å². The molecule has 1 aromatic heterocycles. The summed E-state index contributed by atoms with van der Waals surface area (Å²) < 4.78 is 17.8. The molecule has 17 heavy (non-hydrogen) atoms. The minimum Gasteiger partial charge on any atom is -0.475 e. The molecule has 0 unspecified atom stereocenters. The lowest BCUT2D eigenvalue weighted by Crippen LogP contribution is -1.93. The third kappa shape index (κ3) is 2.57. The molecule has 0 saturated carbocycles. The van der Waals surface area contributed by atoms with Crippen molar-refractivity contribution in [3.63, 3.8) is 0 Å². The minimum atomic E-state index is -1.16. The second-order valence-electron chi connectivity index (χ2n) is 3.22. The Morgan fingerprint density at radius 2 is 2.12 bits per heavy atom. The molecule has 4 nitrogen and oxygen atoms in total. The van der Waals surface area contributed by atoms with Crippen LogP contribution in [0.3, 0.4) is 0 Å². The summed E-state index contributed by atoms with van der Waals surface area (Å²) in [4.78, 5) is 10.6. The van der Waals surface area contributed by atoms with E-state index < -0.39 is 11.8 Å². The van der Waals surface area contributed by atoms with E-state index in [0.29, 0.717) is 5.69 Å². The molecular weight excluding hydrogens is 249 g/mol. The van der Waals surface area contributed by atoms with Crippen LogP contribution in [0.2, 0.25) is 5.02 Å². The average molecular weight is 256 g/mol. The number of hydrogen-bond donors (Lipinski definition) is 2. The molecular formula is C11H7ClFNO3. The molecule has 0 spiro atoms. The lowest BCUT2D eigenvalue weighted by atomic mass is 10.3. The van der Waals surface area contributed by atoms with Gasteiger partial charge in [0.15, 0.2) is 5.88 Å². The number of carboxylic acids is 1. The van der Waals surface area contributed by atoms with Crippen LogP contribution < -0.4 is 5.32 Å². The van der Waals surface area contributed by atoms with Crippen molar-refractivity contribution in [2.45, 2.75) is 0 Å². The van der Waals surface area contributed by atoms with Crippen molar-refractivity contribution in [2.24, 2.45) is 0 Å². The smallest absolute Gasteiger partial charge is 0.371 e. The van der Waals surface area contributed by atoms with E-state index in [2.05, 4.69) is 5.32 Å². The fourth-order valence-corrected chi connectivity index (χ4v) is 1.46. The maximum Gasteiger partial charge on any atom is 0.371 e. The number of nitrogens with one attached hydrogen (secondary N) is 1. The van der Waals surface area contributed by atoms with Gasteiger partial charge in [0.2, 0.25) is 5.76 Å². The normalized spacial score (nSPS) is 10.2. The number of benzene rings is 1. The highest BCUT2D eigenvalue weighted by Crippen LogP contribution is 2.26. The zero-order valence-electron chi connectivity index (χ0n) is 8.41. The molecule has 0 bridgehead atoms. The van der Waals surface area contributed by atoms with E-state index in [1.165, 1.54) is 24.3 Å². The minimum absolute atomic E-state index is 0.179. The van der Waals surface area contributed by atoms with Gasteiger partial charge < -0.3 is 14.8 Å². The van der Waals surface area contributed by atoms with E-state index in [9.17, 15) is 9.18 Å². The Bertz CT molecular complexity index is 568. The highest BCUT2D eigenvalue weighted by molar-refractivity contribution is 6.33. The van der Waals surface area contributed by atoms with Crippen LogP contribution >= 0.6 is 11.6 Å². The van der Waals surface area contributed by atoms with E-state index in [-0.39, 0.29) is 16.7 Å². The van der Waals surface area contributed by atoms with Gasteiger partial charge in [0.1, 0.15) is 5.82 Å². The average Bonchev–Trinajstić information content (AvgIpc) is 2.71. The molecule has 1 heterocycles. The van der Waals surface area contributed by atoms with Crippen LogP contribution in [0.5, 0.6) is 0 Å². The molecule has 0 fully saturated rings. The summed E-state index contributed by atoms with van der Waals surface area (Å²) >= 11 is 5.79. The number of carboxylic acid groups (broad SMARTS) is 1. The summed E-state index contributed by atoms with van der Waals surface area (Å²) in [5, 5.41) is 11.6. The summed E-state index contributed by atoms with van der Waals surface area (Å²) in [5.41, 5.74) is 0.430. The molecule has 2 aromatic rings. The topological polar surface area (TPSA) is 62.5 Å². The number of rotatable bonds is 3. The third-order valence-electron chi connectivity index (χ3n) is 2.01. The molecule has 2 rings (SSSR count). The molecule has 0 amide bonds. The molecule has 0 radical (unpaired) electrons. The molecule has 88 valence electrons. The predicted molar refractivity (Wildman–Crippen MR) is 60.4 cm³/mol. The maximum absolute atomic E-state index is 12.8. The van der Waals surface area contributed by atoms with Crippen molar-refractivity contribution in [1.82, 2.24) is 0 Å². The van der Waals surface area contributed by atoms with Gasteiger partial charge in [0.05, 0.1) is 10.7 Å². The van der Waals surface area contributed by atoms with Crippen molar-refractivity contribution >= 4 is 29.1 Å². The van der Waals surface area contributed by atoms with Crippen LogP contribution in [0.25, 0.3) is 0 Å². The number of hydrogen-bond acceptors (Lipinski definition) is 3. The van der Waals surface area contributed by atoms with E-state index >= 15 is 0 Å². The Morgan fingerprint density at radius 1 is 1.35 bits per heavy atom. The summed E-state index contributed by atoms with van der Waals surface area (Å²) in [7, 11) is 0. The predicted octanol–water partition coefficient (Wildman–Crippen LogP) is 3.51. The van der Waals surface area contributed by atoms with Gasteiger partial charge in [0.25, 0.3) is 0 Å². The van der Waals surface area contributed by atoms with Gasteiger partial charge in [-0.1, -0.05) is 11.6 Å². The van der Waals surface area contributed by atoms with E-state index in [4.69, 9.17) is 21.1 Å². The number of furan rings is 1. The van der Waals surface area contributed by atoms with Crippen molar-refractivity contribution in [2.75, 3.05) is 5.32 Å². The van der Waals surface area contributed by atoms with Crippen LogP contribution in [0.1, 0.15) is 10.6 Å². The first kappa shape index (κ1) is 11.5. The van der Waals surface area contributed by atoms with E-state index in [1.807, 2.05) is 0 Å². The van der Waals surface area contributed by atoms with Crippen molar-refractivity contribution in [3.05, 3.63) is 46.9 Å². The lowest BCUT2D eigenvalue weighted by molar-refractivity contribution is 0.0663. The molecule has 1 aromatic carbocycles. The Balaban J connectivity index is 2.22. The van der Waals surface area contributed by atoms with Crippen LogP contribution in [-0.4, -0.2) is 11.1 Å². The standard InChI is InChI=1S/C11H7ClFNO3/c12-7-5-6(13)1-2-8(7)14-10-4-3-9(17-10)11(15)16/h1-5,14H,(H,15,16). The van der Waals surface area contributed by atoms with E-state index in [1.54, 1.807) is 0 Å². The summed E-state index contributed by atoms with van der Waals surface area (Å²) in [6, 6.07) is 6.56. The summed E-state index contributed by atoms with van der Waals surface area (Å²) in [6.07, 6.45) is 0. The molecule has 0 saturated heterocycles. The first-order valence-electron chi connectivity index (χ1n) is 4.61. The summed E-state index contributed by atoms with van der Waals surface area (Å²) in [5.74, 6) is -1.59. The Hall–Kier alpha value is -2.01. The van der Waals surface area contributed by atoms with Gasteiger partial charge in [0, 0.05) is 6.07 Å². The number of anilines is 2. The monoisotopic (exact) mass is 255 g/mol. The van der Waals surface area contributed by atoms with Crippen LogP contribution in [0.4, 0.5) is 16.0 Å². The molecule has 6 heteroatoms. The largest absolute Gasteiger partial charge is 0.475 e. The van der Waals surface area contributed by atoms with Crippen LogP contribution in [-0.2, 0) is 0 Å². The van der Waals surface area contributed by atoms with E-state index in [0.717, 1.165) is 6.07 Å². The third-order valence-corrected chi connectivity index (χ3v) is 2.32. The summed E-state index contributed by atoms with van der Waals surface area (Å²) in [6.45, 7) is 0. The van der Waals surface area contributed by atoms with Gasteiger partial charge >= 0.3 is 5.97 Å². The second kappa shape index (κ2) is 4.47. The lowest BCUT2D eigenvalue weighted by Gasteiger charge is -2.04. The molecule has 0 aliphatic carbocycles. The fraction of sp³-hybridized carbons (Fsp3) is 0. The molecule has 0 aliphatic heterocycles. The van der Waals surface area contributed by atoms with Gasteiger partial charge in [-0.25, -0.2) is 9.18 Å². The second-order valence-corrected chi connectivity index (χ2v) is 3.63. The SMILES string of the molecule is O=C(O)c1ccc(Nc2ccc(F)cc2Cl)o1. The number of halogens is 2. The first-order valence-corrected chi connectivity index (χ1v) is 4.99. The zero-order chi connectivity index (χ0) is 12.4. The molecule has 2 N–H and O–H groups in total. The van der Waals surface area contributed by atoms with Gasteiger partial charge in [-0.2, -0.15) is 0 Å². The molecule has 0 atom stereocenters. The maximum atomic E-state index is 12.8. The highest BCUT2D eigenvalue weighted by Gasteiger charge is 2.10. The Kier molecular flexibility index (Phi) is 3.01. The molecule has 0 aliphatic rings.